The summed E-state index contributed by atoms with van der Waals surface area (Å²) in [6.45, 7) is 1.46. The second-order valence-corrected chi connectivity index (χ2v) is 9.74. The van der Waals surface area contributed by atoms with Crippen molar-refractivity contribution in [2.75, 3.05) is 6.61 Å². The first kappa shape index (κ1) is 30.6. The molecule has 17 heteroatoms. The molecule has 3 aromatic rings. The molecule has 0 heterocycles. The lowest BCUT2D eigenvalue weighted by Gasteiger charge is -2.07. The van der Waals surface area contributed by atoms with Crippen LogP contribution < -0.4 is 0 Å². The van der Waals surface area contributed by atoms with Crippen LogP contribution in [0.4, 0.5) is 22.7 Å². The molecular formula is C23H22N4O11S2. The Balaban J connectivity index is 1.86. The predicted octanol–water partition coefficient (Wildman–Crippen LogP) is 6.12. The second kappa shape index (κ2) is 13.9. The van der Waals surface area contributed by atoms with E-state index in [0.29, 0.717) is 29.6 Å². The number of hydrogen-bond acceptors (Lipinski definition) is 14. The number of rotatable bonds is 13. The summed E-state index contributed by atoms with van der Waals surface area (Å²) in [6.07, 6.45) is 0.571. The maximum absolute atomic E-state index is 11.5. The van der Waals surface area contributed by atoms with Gasteiger partial charge in [0, 0.05) is 0 Å². The molecule has 40 heavy (non-hydrogen) atoms. The smallest absolute Gasteiger partial charge is 0.397 e. The van der Waals surface area contributed by atoms with Gasteiger partial charge in [-0.05, 0) is 61.7 Å². The third-order valence-corrected chi connectivity index (χ3v) is 6.13. The number of nitrogens with zero attached hydrogens (tertiary/aromatic N) is 4. The highest BCUT2D eigenvalue weighted by Crippen LogP contribution is 2.44. The summed E-state index contributed by atoms with van der Waals surface area (Å²) in [7, 11) is -4.55. The number of hydrogen-bond donors (Lipinski definition) is 5. The number of aromatic hydroxyl groups is 2. The Hall–Kier alpha value is -3.97. The van der Waals surface area contributed by atoms with E-state index in [9.17, 15) is 28.5 Å². The molecule has 0 aromatic heterocycles. The molecule has 3 rings (SSSR count). The van der Waals surface area contributed by atoms with E-state index in [-0.39, 0.29) is 46.2 Å². The monoisotopic (exact) mass is 594 g/mol. The number of azo groups is 2. The van der Waals surface area contributed by atoms with Gasteiger partial charge in [0.05, 0.1) is 29.1 Å². The van der Waals surface area contributed by atoms with Crippen LogP contribution in [0.3, 0.4) is 0 Å². The van der Waals surface area contributed by atoms with E-state index >= 15 is 0 Å². The molecule has 0 fully saturated rings. The normalized spacial score (nSPS) is 12.0. The van der Waals surface area contributed by atoms with Crippen LogP contribution in [-0.4, -0.2) is 46.1 Å². The number of carboxylic acids is 1. The van der Waals surface area contributed by atoms with Crippen LogP contribution in [0.2, 0.25) is 0 Å². The van der Waals surface area contributed by atoms with Gasteiger partial charge in [0.25, 0.3) is 0 Å². The van der Waals surface area contributed by atoms with Crippen molar-refractivity contribution in [1.82, 2.24) is 0 Å². The Morgan fingerprint density at radius 2 is 1.62 bits per heavy atom. The summed E-state index contributed by atoms with van der Waals surface area (Å²) < 4.78 is 38.7. The molecular weight excluding hydrogens is 572 g/mol. The highest BCUT2D eigenvalue weighted by Gasteiger charge is 2.15. The molecule has 0 aliphatic heterocycles. The Morgan fingerprint density at radius 3 is 2.33 bits per heavy atom. The Labute approximate surface area is 231 Å². The van der Waals surface area contributed by atoms with Gasteiger partial charge < -0.3 is 15.3 Å². The average Bonchev–Trinajstić information content (AvgIpc) is 2.90. The van der Waals surface area contributed by atoms with Crippen LogP contribution in [-0.2, 0) is 30.4 Å². The predicted molar refractivity (Wildman–Crippen MR) is 139 cm³/mol. The second-order valence-electron chi connectivity index (χ2n) is 7.91. The number of carbonyl (C=O) groups is 1. The number of benzene rings is 3. The summed E-state index contributed by atoms with van der Waals surface area (Å²) in [4.78, 5) is 11.8. The van der Waals surface area contributed by atoms with Crippen LogP contribution in [0.5, 0.6) is 11.5 Å². The van der Waals surface area contributed by atoms with E-state index in [1.807, 2.05) is 0 Å². The number of aromatic carboxylic acids is 1. The lowest BCUT2D eigenvalue weighted by molar-refractivity contribution is -0.432. The van der Waals surface area contributed by atoms with Crippen molar-refractivity contribution >= 4 is 51.2 Å². The maximum Gasteiger partial charge on any atom is 0.397 e. The fourth-order valence-electron chi connectivity index (χ4n) is 3.21. The summed E-state index contributed by atoms with van der Waals surface area (Å²) >= 11 is 0.562. The highest BCUT2D eigenvalue weighted by atomic mass is 32.3. The van der Waals surface area contributed by atoms with Gasteiger partial charge in [-0.25, -0.2) is 14.2 Å². The molecule has 15 nitrogen and oxygen atoms in total. The first-order valence-electron chi connectivity index (χ1n) is 11.1. The molecule has 0 saturated carbocycles. The van der Waals surface area contributed by atoms with E-state index < -0.39 is 27.9 Å². The van der Waals surface area contributed by atoms with Crippen molar-refractivity contribution in [1.29, 1.82) is 0 Å². The van der Waals surface area contributed by atoms with Gasteiger partial charge in [0.2, 0.25) is 0 Å². The Bertz CT molecular complexity index is 1550. The van der Waals surface area contributed by atoms with Gasteiger partial charge in [-0.1, -0.05) is 22.7 Å². The molecule has 0 radical (unpaired) electrons. The molecule has 3 aromatic carbocycles. The Kier molecular flexibility index (Phi) is 10.6. The molecule has 0 aliphatic carbocycles. The zero-order valence-corrected chi connectivity index (χ0v) is 22.2. The fourth-order valence-corrected chi connectivity index (χ4v) is 4.04. The molecule has 212 valence electrons. The van der Waals surface area contributed by atoms with E-state index in [1.54, 1.807) is 25.1 Å². The van der Waals surface area contributed by atoms with E-state index in [0.717, 1.165) is 0 Å². The van der Waals surface area contributed by atoms with Crippen molar-refractivity contribution in [2.24, 2.45) is 20.5 Å². The number of phenols is 2. The van der Waals surface area contributed by atoms with Crippen LogP contribution in [0.15, 0.2) is 73.9 Å². The quantitative estimate of drug-likeness (QED) is 0.0376. The van der Waals surface area contributed by atoms with E-state index in [2.05, 4.69) is 34.0 Å². The molecule has 0 aliphatic rings. The minimum absolute atomic E-state index is 0.0474. The zero-order chi connectivity index (χ0) is 29.3. The van der Waals surface area contributed by atoms with Gasteiger partial charge in [0.1, 0.15) is 22.8 Å². The largest absolute Gasteiger partial charge is 0.505 e. The van der Waals surface area contributed by atoms with Gasteiger partial charge in [0.15, 0.2) is 11.4 Å². The standard InChI is InChI=1S/C23H22N4O11S2/c1-13-4-6-16(15(11-13)23(30)31)24-26-18-8-9-19(28)21(22(18)29)27-25-17-7-5-14(12-20(17)39-38-37-32)3-2-10-36-40(33,34)35/h4-9,11-12,28-29,32H,2-3,10H2,1H3,(H,30,31)(H,33,34,35)/b26-24+,27-25+. The van der Waals surface area contributed by atoms with Crippen LogP contribution in [0, 0.1) is 6.92 Å². The van der Waals surface area contributed by atoms with E-state index in [4.69, 9.17) is 9.81 Å². The lowest BCUT2D eigenvalue weighted by atomic mass is 10.1. The summed E-state index contributed by atoms with van der Waals surface area (Å²) in [5, 5.41) is 58.1. The molecule has 0 atom stereocenters. The fraction of sp³-hybridized carbons (Fsp3) is 0.174. The highest BCUT2D eigenvalue weighted by molar-refractivity contribution is 7.94. The maximum atomic E-state index is 11.5. The molecule has 5 N–H and O–H groups in total. The van der Waals surface area contributed by atoms with Crippen molar-refractivity contribution in [3.8, 4) is 11.5 Å². The summed E-state index contributed by atoms with van der Waals surface area (Å²) in [5.41, 5.74) is 1.02. The topological polar surface area (TPSA) is 229 Å². The van der Waals surface area contributed by atoms with Gasteiger partial charge >= 0.3 is 16.4 Å². The number of aryl methyl sites for hydroxylation is 2. The third-order valence-electron chi connectivity index (χ3n) is 5.03. The van der Waals surface area contributed by atoms with Crippen molar-refractivity contribution in [3.63, 3.8) is 0 Å². The zero-order valence-electron chi connectivity index (χ0n) is 20.5. The number of carboxylic acid groups (broad SMARTS) is 1. The van der Waals surface area contributed by atoms with Gasteiger partial charge in [-0.3, -0.25) is 4.55 Å². The minimum atomic E-state index is -4.55. The van der Waals surface area contributed by atoms with Crippen LogP contribution >= 0.6 is 12.0 Å². The molecule has 0 unspecified atom stereocenters. The first-order valence-corrected chi connectivity index (χ1v) is 13.2. The SMILES string of the molecule is Cc1ccc(/N=N/c2ccc(O)c(/N=N/c3ccc(CCCOS(=O)(=O)O)cc3SOOO)c2O)c(C(=O)O)c1. The number of phenolic OH excluding ortho intramolecular Hbond substituents is 2. The van der Waals surface area contributed by atoms with Gasteiger partial charge in [-0.2, -0.15) is 8.42 Å². The Morgan fingerprint density at radius 1 is 0.950 bits per heavy atom. The van der Waals surface area contributed by atoms with Crippen LogP contribution in [0.25, 0.3) is 0 Å². The van der Waals surface area contributed by atoms with Crippen molar-refractivity contribution in [3.05, 3.63) is 65.2 Å². The van der Waals surface area contributed by atoms with Crippen molar-refractivity contribution < 1.29 is 51.9 Å². The molecule has 0 bridgehead atoms. The van der Waals surface area contributed by atoms with Gasteiger partial charge in [-0.15, -0.1) is 24.8 Å². The summed E-state index contributed by atoms with van der Waals surface area (Å²) in [6, 6.07) is 11.7. The van der Waals surface area contributed by atoms with Crippen LogP contribution in [0.1, 0.15) is 27.9 Å². The third kappa shape index (κ3) is 8.78. The molecule has 0 spiro atoms. The lowest BCUT2D eigenvalue weighted by Crippen LogP contribution is -2.05. The molecule has 0 amide bonds. The van der Waals surface area contributed by atoms with Crippen molar-refractivity contribution in [2.45, 2.75) is 24.7 Å². The van der Waals surface area contributed by atoms with E-state index in [1.165, 1.54) is 30.3 Å². The summed E-state index contributed by atoms with van der Waals surface area (Å²) in [5.74, 6) is -2.23. The first-order chi connectivity index (χ1) is 19.0. The molecule has 0 saturated heterocycles. The minimum Gasteiger partial charge on any atom is -0.505 e. The average molecular weight is 595 g/mol.